The summed E-state index contributed by atoms with van der Waals surface area (Å²) in [5.74, 6) is 0.325. The van der Waals surface area contributed by atoms with E-state index in [0.29, 0.717) is 18.2 Å². The van der Waals surface area contributed by atoms with Crippen molar-refractivity contribution >= 4 is 17.3 Å². The molecule has 0 saturated heterocycles. The number of aliphatic hydroxyl groups is 1. The number of rotatable bonds is 5. The van der Waals surface area contributed by atoms with E-state index < -0.39 is 0 Å². The van der Waals surface area contributed by atoms with Gasteiger partial charge in [-0.15, -0.1) is 0 Å². The van der Waals surface area contributed by atoms with Crippen LogP contribution in [-0.2, 0) is 6.54 Å². The van der Waals surface area contributed by atoms with Gasteiger partial charge in [-0.05, 0) is 12.8 Å². The summed E-state index contributed by atoms with van der Waals surface area (Å²) in [7, 11) is 0. The van der Waals surface area contributed by atoms with Gasteiger partial charge in [0.1, 0.15) is 5.02 Å². The van der Waals surface area contributed by atoms with Crippen LogP contribution in [0.25, 0.3) is 0 Å². The quantitative estimate of drug-likeness (QED) is 0.838. The first-order valence-electron chi connectivity index (χ1n) is 5.58. The molecule has 1 aromatic heterocycles. The van der Waals surface area contributed by atoms with Gasteiger partial charge in [0.2, 0.25) is 0 Å². The van der Waals surface area contributed by atoms with Crippen molar-refractivity contribution in [3.8, 4) is 0 Å². The maximum atomic E-state index is 11.9. The molecule has 0 aliphatic heterocycles. The normalized spacial score (nSPS) is 12.8. The van der Waals surface area contributed by atoms with Crippen molar-refractivity contribution in [3.63, 3.8) is 0 Å². The van der Waals surface area contributed by atoms with E-state index in [9.17, 15) is 4.79 Å². The molecule has 2 N–H and O–H groups in total. The molecular weight excluding hydrogens is 242 g/mol. The Morgan fingerprint density at radius 2 is 2.18 bits per heavy atom. The van der Waals surface area contributed by atoms with Crippen LogP contribution in [0.15, 0.2) is 11.0 Å². The number of hydrogen-bond donors (Lipinski definition) is 2. The lowest BCUT2D eigenvalue weighted by Crippen LogP contribution is -2.28. The van der Waals surface area contributed by atoms with E-state index in [0.717, 1.165) is 0 Å². The summed E-state index contributed by atoms with van der Waals surface area (Å²) in [6.45, 7) is 6.29. The monoisotopic (exact) mass is 259 g/mol. The standard InChI is InChI=1S/C11H18ClN3O2/c1-7(2)5-15-11(17)10(12)9(4-13-15)14-8(3)6-16/h4,7-8,14,16H,5-6H2,1-3H3. The Labute approximate surface area is 105 Å². The molecule has 96 valence electrons. The second-order valence-corrected chi connectivity index (χ2v) is 4.86. The van der Waals surface area contributed by atoms with Crippen LogP contribution in [0.5, 0.6) is 0 Å². The van der Waals surface area contributed by atoms with Crippen molar-refractivity contribution < 1.29 is 5.11 Å². The first kappa shape index (κ1) is 14.0. The summed E-state index contributed by atoms with van der Waals surface area (Å²) in [6, 6.07) is -0.172. The minimum atomic E-state index is -0.310. The molecule has 5 nitrogen and oxygen atoms in total. The van der Waals surface area contributed by atoms with E-state index in [1.807, 2.05) is 13.8 Å². The van der Waals surface area contributed by atoms with Gasteiger partial charge in [0, 0.05) is 12.6 Å². The zero-order chi connectivity index (χ0) is 13.0. The largest absolute Gasteiger partial charge is 0.394 e. The van der Waals surface area contributed by atoms with Crippen molar-refractivity contribution in [1.29, 1.82) is 0 Å². The van der Waals surface area contributed by atoms with Crippen LogP contribution in [0.3, 0.4) is 0 Å². The topological polar surface area (TPSA) is 67.2 Å². The predicted molar refractivity (Wildman–Crippen MR) is 68.5 cm³/mol. The van der Waals surface area contributed by atoms with Crippen LogP contribution in [-0.4, -0.2) is 27.5 Å². The molecule has 6 heteroatoms. The number of aromatic nitrogens is 2. The van der Waals surface area contributed by atoms with E-state index in [4.69, 9.17) is 16.7 Å². The lowest BCUT2D eigenvalue weighted by atomic mass is 10.2. The lowest BCUT2D eigenvalue weighted by Gasteiger charge is -2.14. The Kier molecular flexibility index (Phi) is 4.96. The number of hydrogen-bond acceptors (Lipinski definition) is 4. The number of anilines is 1. The van der Waals surface area contributed by atoms with E-state index in [-0.39, 0.29) is 23.2 Å². The molecule has 0 fully saturated rings. The summed E-state index contributed by atoms with van der Waals surface area (Å²) >= 11 is 5.97. The Bertz CT molecular complexity index is 431. The SMILES string of the molecule is CC(C)Cn1ncc(NC(C)CO)c(Cl)c1=O. The van der Waals surface area contributed by atoms with Crippen molar-refractivity contribution in [2.75, 3.05) is 11.9 Å². The van der Waals surface area contributed by atoms with Crippen molar-refractivity contribution in [2.45, 2.75) is 33.4 Å². The zero-order valence-electron chi connectivity index (χ0n) is 10.3. The van der Waals surface area contributed by atoms with Gasteiger partial charge in [0.05, 0.1) is 18.5 Å². The van der Waals surface area contributed by atoms with Gasteiger partial charge in [0.25, 0.3) is 5.56 Å². The van der Waals surface area contributed by atoms with Crippen molar-refractivity contribution in [1.82, 2.24) is 9.78 Å². The average Bonchev–Trinajstić information content (AvgIpc) is 2.28. The van der Waals surface area contributed by atoms with Crippen LogP contribution in [0.2, 0.25) is 5.02 Å². The molecule has 0 bridgehead atoms. The Morgan fingerprint density at radius 3 is 2.71 bits per heavy atom. The van der Waals surface area contributed by atoms with Gasteiger partial charge < -0.3 is 10.4 Å². The third-order valence-corrected chi connectivity index (χ3v) is 2.56. The third-order valence-electron chi connectivity index (χ3n) is 2.20. The Balaban J connectivity index is 2.98. The number of nitrogens with zero attached hydrogens (tertiary/aromatic N) is 2. The minimum absolute atomic E-state index is 0.0363. The molecule has 0 radical (unpaired) electrons. The molecule has 1 unspecified atom stereocenters. The van der Waals surface area contributed by atoms with Crippen LogP contribution < -0.4 is 10.9 Å². The van der Waals surface area contributed by atoms with Gasteiger partial charge in [0.15, 0.2) is 0 Å². The van der Waals surface area contributed by atoms with E-state index in [2.05, 4.69) is 10.4 Å². The number of halogens is 1. The minimum Gasteiger partial charge on any atom is -0.394 e. The Morgan fingerprint density at radius 1 is 1.53 bits per heavy atom. The van der Waals surface area contributed by atoms with Crippen LogP contribution in [0.4, 0.5) is 5.69 Å². The molecule has 0 aromatic carbocycles. The van der Waals surface area contributed by atoms with Crippen LogP contribution >= 0.6 is 11.6 Å². The second kappa shape index (κ2) is 6.02. The number of aliphatic hydroxyl groups excluding tert-OH is 1. The third kappa shape index (κ3) is 3.71. The highest BCUT2D eigenvalue weighted by molar-refractivity contribution is 6.32. The van der Waals surface area contributed by atoms with Crippen molar-refractivity contribution in [3.05, 3.63) is 21.6 Å². The first-order chi connectivity index (χ1) is 7.95. The van der Waals surface area contributed by atoms with E-state index >= 15 is 0 Å². The predicted octanol–water partition coefficient (Wildman–Crippen LogP) is 1.35. The fraction of sp³-hybridized carbons (Fsp3) is 0.636. The molecule has 1 heterocycles. The molecule has 0 aliphatic carbocycles. The maximum absolute atomic E-state index is 11.9. The summed E-state index contributed by atoms with van der Waals surface area (Å²) in [6.07, 6.45) is 1.51. The zero-order valence-corrected chi connectivity index (χ0v) is 11.0. The molecule has 0 spiro atoms. The summed E-state index contributed by atoms with van der Waals surface area (Å²) in [5.41, 5.74) is 0.147. The highest BCUT2D eigenvalue weighted by Gasteiger charge is 2.11. The van der Waals surface area contributed by atoms with Crippen LogP contribution in [0, 0.1) is 5.92 Å². The van der Waals surface area contributed by atoms with Crippen LogP contribution in [0.1, 0.15) is 20.8 Å². The molecule has 0 aliphatic rings. The van der Waals surface area contributed by atoms with Gasteiger partial charge in [-0.25, -0.2) is 4.68 Å². The second-order valence-electron chi connectivity index (χ2n) is 4.48. The number of nitrogens with one attached hydrogen (secondary N) is 1. The first-order valence-corrected chi connectivity index (χ1v) is 5.96. The smallest absolute Gasteiger partial charge is 0.287 e. The maximum Gasteiger partial charge on any atom is 0.287 e. The van der Waals surface area contributed by atoms with E-state index in [1.54, 1.807) is 6.92 Å². The highest BCUT2D eigenvalue weighted by atomic mass is 35.5. The molecular formula is C11H18ClN3O2. The molecule has 0 saturated carbocycles. The van der Waals surface area contributed by atoms with Gasteiger partial charge >= 0.3 is 0 Å². The van der Waals surface area contributed by atoms with E-state index in [1.165, 1.54) is 10.9 Å². The summed E-state index contributed by atoms with van der Waals surface area (Å²) in [4.78, 5) is 11.9. The van der Waals surface area contributed by atoms with Crippen molar-refractivity contribution in [2.24, 2.45) is 5.92 Å². The fourth-order valence-electron chi connectivity index (χ4n) is 1.35. The lowest BCUT2D eigenvalue weighted by molar-refractivity contribution is 0.281. The summed E-state index contributed by atoms with van der Waals surface area (Å²) in [5, 5.41) is 16.0. The fourth-order valence-corrected chi connectivity index (χ4v) is 1.55. The molecule has 17 heavy (non-hydrogen) atoms. The molecule has 1 rings (SSSR count). The molecule has 0 amide bonds. The highest BCUT2D eigenvalue weighted by Crippen LogP contribution is 2.16. The van der Waals surface area contributed by atoms with Gasteiger partial charge in [-0.2, -0.15) is 5.10 Å². The van der Waals surface area contributed by atoms with Gasteiger partial charge in [-0.1, -0.05) is 25.4 Å². The summed E-state index contributed by atoms with van der Waals surface area (Å²) < 4.78 is 1.35. The average molecular weight is 260 g/mol. The molecule has 1 atom stereocenters. The Hall–Kier alpha value is -1.07. The molecule has 1 aromatic rings. The van der Waals surface area contributed by atoms with Gasteiger partial charge in [-0.3, -0.25) is 4.79 Å².